The van der Waals surface area contributed by atoms with Gasteiger partial charge in [0.2, 0.25) is 0 Å². The third kappa shape index (κ3) is 7.14. The Morgan fingerprint density at radius 2 is 0.683 bits per heavy atom. The summed E-state index contributed by atoms with van der Waals surface area (Å²) in [5, 5.41) is 3.99. The van der Waals surface area contributed by atoms with E-state index in [0.717, 1.165) is 17.1 Å². The van der Waals surface area contributed by atoms with Gasteiger partial charge >= 0.3 is 0 Å². The van der Waals surface area contributed by atoms with E-state index in [9.17, 15) is 0 Å². The molecule has 10 aromatic rings. The van der Waals surface area contributed by atoms with Gasteiger partial charge in [-0.15, -0.1) is 0 Å². The van der Waals surface area contributed by atoms with Crippen LogP contribution in [0.25, 0.3) is 72.0 Å². The molecule has 0 aliphatic rings. The van der Waals surface area contributed by atoms with Crippen molar-refractivity contribution in [1.82, 2.24) is 4.57 Å². The fourth-order valence-corrected chi connectivity index (χ4v) is 9.68. The lowest BCUT2D eigenvalue weighted by Crippen LogP contribution is -2.37. The van der Waals surface area contributed by atoms with Gasteiger partial charge in [0.25, 0.3) is 0 Å². The summed E-state index contributed by atoms with van der Waals surface area (Å²) < 4.78 is 2.37. The molecule has 0 unspecified atom stereocenters. The van der Waals surface area contributed by atoms with E-state index in [-0.39, 0.29) is 0 Å². The molecule has 0 atom stereocenters. The quantitative estimate of drug-likeness (QED) is 0.132. The van der Waals surface area contributed by atoms with Gasteiger partial charge in [-0.2, -0.15) is 0 Å². The highest BCUT2D eigenvalue weighted by molar-refractivity contribution is 6.88. The van der Waals surface area contributed by atoms with E-state index in [1.807, 2.05) is 0 Å². The molecule has 60 heavy (non-hydrogen) atoms. The average molecular weight is 787 g/mol. The number of aromatic nitrogens is 1. The Morgan fingerprint density at radius 1 is 0.317 bits per heavy atom. The summed E-state index contributed by atoms with van der Waals surface area (Å²) in [4.78, 5) is 2.36. The lowest BCUT2D eigenvalue weighted by Gasteiger charge is -2.26. The first-order chi connectivity index (χ1) is 29.4. The Balaban J connectivity index is 0.998. The van der Waals surface area contributed by atoms with Crippen LogP contribution in [0.2, 0.25) is 19.6 Å². The fourth-order valence-electron chi connectivity index (χ4n) is 8.51. The van der Waals surface area contributed by atoms with Crippen LogP contribution < -0.4 is 10.1 Å². The molecule has 0 radical (unpaired) electrons. The summed E-state index contributed by atoms with van der Waals surface area (Å²) in [7, 11) is -1.37. The van der Waals surface area contributed by atoms with E-state index < -0.39 is 8.07 Å². The first kappa shape index (κ1) is 37.1. The van der Waals surface area contributed by atoms with Crippen LogP contribution in [0.3, 0.4) is 0 Å². The molecule has 0 bridgehead atoms. The van der Waals surface area contributed by atoms with Crippen LogP contribution in [0, 0.1) is 0 Å². The van der Waals surface area contributed by atoms with Crippen molar-refractivity contribution in [3.63, 3.8) is 0 Å². The third-order valence-electron chi connectivity index (χ3n) is 11.8. The van der Waals surface area contributed by atoms with Gasteiger partial charge in [-0.3, -0.25) is 0 Å². The number of hydrogen-bond donors (Lipinski definition) is 0. The Bertz CT molecular complexity index is 3050. The van der Waals surface area contributed by atoms with E-state index >= 15 is 0 Å². The molecule has 10 rings (SSSR count). The van der Waals surface area contributed by atoms with E-state index in [1.54, 1.807) is 0 Å². The Labute approximate surface area is 354 Å². The summed E-state index contributed by atoms with van der Waals surface area (Å²) in [6.07, 6.45) is 0. The van der Waals surface area contributed by atoms with Gasteiger partial charge in [0.05, 0.1) is 19.1 Å². The number of benzene rings is 9. The van der Waals surface area contributed by atoms with Crippen molar-refractivity contribution < 1.29 is 0 Å². The summed E-state index contributed by atoms with van der Waals surface area (Å²) >= 11 is 0. The molecule has 288 valence electrons. The molecule has 0 spiro atoms. The summed E-state index contributed by atoms with van der Waals surface area (Å²) in [6, 6.07) is 81.9. The zero-order valence-electron chi connectivity index (χ0n) is 34.3. The van der Waals surface area contributed by atoms with Crippen molar-refractivity contribution in [2.45, 2.75) is 19.6 Å². The third-order valence-corrected chi connectivity index (χ3v) is 13.9. The van der Waals surface area contributed by atoms with Crippen LogP contribution >= 0.6 is 0 Å². The molecular weight excluding hydrogens is 741 g/mol. The number of nitrogens with zero attached hydrogens (tertiary/aromatic N) is 2. The zero-order chi connectivity index (χ0) is 40.6. The van der Waals surface area contributed by atoms with Crippen LogP contribution in [-0.2, 0) is 0 Å². The second kappa shape index (κ2) is 15.5. The smallest absolute Gasteiger partial charge is 0.0775 e. The summed E-state index contributed by atoms with van der Waals surface area (Å²) in [6.45, 7) is 7.20. The van der Waals surface area contributed by atoms with Crippen LogP contribution in [0.15, 0.2) is 224 Å². The normalized spacial score (nSPS) is 11.6. The topological polar surface area (TPSA) is 8.17 Å². The second-order valence-electron chi connectivity index (χ2n) is 16.7. The van der Waals surface area contributed by atoms with Gasteiger partial charge in [0, 0.05) is 33.5 Å². The van der Waals surface area contributed by atoms with E-state index in [0.29, 0.717) is 0 Å². The Morgan fingerprint density at radius 3 is 1.18 bits per heavy atom. The molecule has 1 aromatic heterocycles. The molecule has 0 fully saturated rings. The number of anilines is 3. The van der Waals surface area contributed by atoms with Crippen LogP contribution in [0.5, 0.6) is 0 Å². The lowest BCUT2D eigenvalue weighted by molar-refractivity contribution is 1.18. The summed E-state index contributed by atoms with van der Waals surface area (Å²) in [5.74, 6) is 0. The second-order valence-corrected chi connectivity index (χ2v) is 21.7. The Hall–Kier alpha value is -7.20. The molecule has 1 heterocycles. The van der Waals surface area contributed by atoms with Crippen molar-refractivity contribution >= 4 is 52.1 Å². The minimum atomic E-state index is -1.37. The van der Waals surface area contributed by atoms with Crippen LogP contribution in [0.4, 0.5) is 17.1 Å². The van der Waals surface area contributed by atoms with Gasteiger partial charge in [0.1, 0.15) is 0 Å². The van der Waals surface area contributed by atoms with Gasteiger partial charge in [-0.25, -0.2) is 0 Å². The predicted molar refractivity (Wildman–Crippen MR) is 260 cm³/mol. The highest BCUT2D eigenvalue weighted by Crippen LogP contribution is 2.39. The minimum Gasteiger partial charge on any atom is -0.311 e. The Kier molecular flexibility index (Phi) is 9.59. The molecule has 0 aliphatic carbocycles. The van der Waals surface area contributed by atoms with Gasteiger partial charge in [-0.05, 0) is 111 Å². The van der Waals surface area contributed by atoms with E-state index in [1.165, 1.54) is 77.2 Å². The summed E-state index contributed by atoms with van der Waals surface area (Å²) in [5.41, 5.74) is 16.6. The fraction of sp³-hybridized carbons (Fsp3) is 0.0526. The number of hydrogen-bond acceptors (Lipinski definition) is 1. The standard InChI is InChI=1S/C57H46N2Si/c1-60(2,3)53-37-28-46(29-38-53)45-24-33-51(34-25-45)58(50-31-22-44(23-32-50)43-20-18-42(19-21-43)41-12-6-4-7-13-41)52-35-26-47(27-36-52)48-30-39-57-55(40-48)54-16-10-11-17-56(54)59(57)49-14-8-5-9-15-49/h4-40H,1-3H3. The first-order valence-electron chi connectivity index (χ1n) is 20.8. The lowest BCUT2D eigenvalue weighted by atomic mass is 10.00. The van der Waals surface area contributed by atoms with E-state index in [4.69, 9.17) is 0 Å². The molecule has 9 aromatic carbocycles. The van der Waals surface area contributed by atoms with Gasteiger partial charge in [0.15, 0.2) is 0 Å². The molecule has 0 amide bonds. The molecule has 2 nitrogen and oxygen atoms in total. The SMILES string of the molecule is C[Si](C)(C)c1ccc(-c2ccc(N(c3ccc(-c4ccc(-c5ccccc5)cc4)cc3)c3ccc(-c4ccc5c(c4)c4ccccc4n5-c4ccccc4)cc3)cc2)cc1. The minimum absolute atomic E-state index is 1.10. The predicted octanol–water partition coefficient (Wildman–Crippen LogP) is 15.5. The maximum Gasteiger partial charge on any atom is 0.0775 e. The zero-order valence-corrected chi connectivity index (χ0v) is 35.3. The molecule has 0 aliphatic heterocycles. The largest absolute Gasteiger partial charge is 0.311 e. The van der Waals surface area contributed by atoms with Gasteiger partial charge in [-0.1, -0.05) is 183 Å². The maximum atomic E-state index is 2.40. The van der Waals surface area contributed by atoms with Crippen molar-refractivity contribution in [1.29, 1.82) is 0 Å². The average Bonchev–Trinajstić information content (AvgIpc) is 3.64. The molecule has 0 N–H and O–H groups in total. The molecule has 0 saturated carbocycles. The first-order valence-corrected chi connectivity index (χ1v) is 24.3. The molecule has 0 saturated heterocycles. The number of fused-ring (bicyclic) bond motifs is 3. The van der Waals surface area contributed by atoms with Crippen molar-refractivity contribution in [3.8, 4) is 50.2 Å². The van der Waals surface area contributed by atoms with Gasteiger partial charge < -0.3 is 9.47 Å². The molecule has 3 heteroatoms. The monoisotopic (exact) mass is 786 g/mol. The van der Waals surface area contributed by atoms with Crippen LogP contribution in [-0.4, -0.2) is 12.6 Å². The van der Waals surface area contributed by atoms with Crippen LogP contribution in [0.1, 0.15) is 0 Å². The number of rotatable bonds is 9. The van der Waals surface area contributed by atoms with Crippen molar-refractivity contribution in [3.05, 3.63) is 224 Å². The molecular formula is C57H46N2Si. The van der Waals surface area contributed by atoms with Crippen molar-refractivity contribution in [2.75, 3.05) is 4.90 Å². The number of para-hydroxylation sites is 2. The highest BCUT2D eigenvalue weighted by Gasteiger charge is 2.18. The highest BCUT2D eigenvalue weighted by atomic mass is 28.3. The van der Waals surface area contributed by atoms with Crippen molar-refractivity contribution in [2.24, 2.45) is 0 Å². The van der Waals surface area contributed by atoms with E-state index in [2.05, 4.69) is 254 Å². The maximum absolute atomic E-state index is 2.40.